The molecular weight excluding hydrogens is 152 g/mol. The summed E-state index contributed by atoms with van der Waals surface area (Å²) in [5.74, 6) is 2.26. The maximum atomic E-state index is 11.4. The van der Waals surface area contributed by atoms with Crippen LogP contribution < -0.4 is 5.73 Å². The third kappa shape index (κ3) is 7.23. The summed E-state index contributed by atoms with van der Waals surface area (Å²) in [6, 6.07) is -0.396. The van der Waals surface area contributed by atoms with E-state index in [1.54, 1.807) is 0 Å². The molecule has 0 spiro atoms. The van der Waals surface area contributed by atoms with Gasteiger partial charge in [0.1, 0.15) is 6.61 Å². The molecule has 0 aromatic heterocycles. The third-order valence-corrected chi connectivity index (χ3v) is 1.03. The normalized spacial score (nSPS) is 13.0. The van der Waals surface area contributed by atoms with Crippen molar-refractivity contribution < 1.29 is 13.5 Å². The highest BCUT2D eigenvalue weighted by atomic mass is 19.3. The zero-order chi connectivity index (χ0) is 8.69. The number of hydrogen-bond acceptors (Lipinski definition) is 2. The largest absolute Gasteiger partial charge is 0.375 e. The van der Waals surface area contributed by atoms with Crippen LogP contribution in [0.2, 0.25) is 0 Å². The molecule has 0 aromatic carbocycles. The van der Waals surface area contributed by atoms with Gasteiger partial charge in [0, 0.05) is 6.61 Å². The van der Waals surface area contributed by atoms with Gasteiger partial charge in [-0.05, 0) is 6.42 Å². The Morgan fingerprint density at radius 2 is 2.18 bits per heavy atom. The highest BCUT2D eigenvalue weighted by Crippen LogP contribution is 1.94. The Hall–Kier alpha value is -0.660. The van der Waals surface area contributed by atoms with Crippen LogP contribution in [0, 0.1) is 12.3 Å². The summed E-state index contributed by atoms with van der Waals surface area (Å²) in [5, 5.41) is 0. The van der Waals surface area contributed by atoms with Gasteiger partial charge in [0.25, 0.3) is 6.43 Å². The zero-order valence-electron chi connectivity index (χ0n) is 6.09. The predicted octanol–water partition coefficient (Wildman–Crippen LogP) is 0.619. The molecule has 0 fully saturated rings. The average molecular weight is 163 g/mol. The number of hydrogen-bond donors (Lipinski definition) is 1. The van der Waals surface area contributed by atoms with Gasteiger partial charge in [-0.2, -0.15) is 0 Å². The fourth-order valence-electron chi connectivity index (χ4n) is 0.466. The summed E-state index contributed by atoms with van der Waals surface area (Å²) in [4.78, 5) is 0. The number of halogens is 2. The topological polar surface area (TPSA) is 35.2 Å². The standard InChI is InChI=1S/C7H11F2NO/c1-2-6(10)3-4-11-5-7(8)9/h1,6-7H,3-5,10H2. The fraction of sp³-hybridized carbons (Fsp3) is 0.714. The lowest BCUT2D eigenvalue weighted by Gasteiger charge is -2.04. The first kappa shape index (κ1) is 10.3. The van der Waals surface area contributed by atoms with Crippen LogP contribution in [0.5, 0.6) is 0 Å². The molecule has 1 unspecified atom stereocenters. The van der Waals surface area contributed by atoms with Crippen molar-refractivity contribution in [2.75, 3.05) is 13.2 Å². The van der Waals surface area contributed by atoms with E-state index in [9.17, 15) is 8.78 Å². The van der Waals surface area contributed by atoms with Crippen molar-refractivity contribution in [1.82, 2.24) is 0 Å². The van der Waals surface area contributed by atoms with Gasteiger partial charge in [-0.1, -0.05) is 5.92 Å². The van der Waals surface area contributed by atoms with E-state index in [1.807, 2.05) is 0 Å². The van der Waals surface area contributed by atoms with E-state index in [0.717, 1.165) is 0 Å². The van der Waals surface area contributed by atoms with Crippen LogP contribution in [0.3, 0.4) is 0 Å². The summed E-state index contributed by atoms with van der Waals surface area (Å²) in [7, 11) is 0. The molecule has 4 heteroatoms. The number of nitrogens with two attached hydrogens (primary N) is 1. The lowest BCUT2D eigenvalue weighted by Crippen LogP contribution is -2.20. The molecule has 0 radical (unpaired) electrons. The van der Waals surface area contributed by atoms with E-state index in [0.29, 0.717) is 6.42 Å². The lowest BCUT2D eigenvalue weighted by molar-refractivity contribution is 0.0162. The molecule has 0 amide bonds. The van der Waals surface area contributed by atoms with Gasteiger partial charge >= 0.3 is 0 Å². The van der Waals surface area contributed by atoms with E-state index in [1.165, 1.54) is 0 Å². The second kappa shape index (κ2) is 6.08. The van der Waals surface area contributed by atoms with Crippen LogP contribution in [0.1, 0.15) is 6.42 Å². The van der Waals surface area contributed by atoms with Crippen LogP contribution in [0.25, 0.3) is 0 Å². The van der Waals surface area contributed by atoms with Crippen molar-refractivity contribution in [3.8, 4) is 12.3 Å². The summed E-state index contributed by atoms with van der Waals surface area (Å²) in [5.41, 5.74) is 5.29. The molecule has 0 heterocycles. The van der Waals surface area contributed by atoms with Gasteiger partial charge in [-0.25, -0.2) is 8.78 Å². The first-order valence-corrected chi connectivity index (χ1v) is 3.24. The summed E-state index contributed by atoms with van der Waals surface area (Å²) >= 11 is 0. The minimum Gasteiger partial charge on any atom is -0.375 e. The maximum absolute atomic E-state index is 11.4. The summed E-state index contributed by atoms with van der Waals surface area (Å²) in [6.45, 7) is -0.354. The van der Waals surface area contributed by atoms with Gasteiger partial charge in [0.05, 0.1) is 6.04 Å². The summed E-state index contributed by atoms with van der Waals surface area (Å²) < 4.78 is 27.4. The third-order valence-electron chi connectivity index (χ3n) is 1.03. The second-order valence-corrected chi connectivity index (χ2v) is 2.03. The molecular formula is C7H11F2NO. The molecule has 1 atom stereocenters. The van der Waals surface area contributed by atoms with Crippen LogP contribution in [0.15, 0.2) is 0 Å². The molecule has 0 rings (SSSR count). The first-order chi connectivity index (χ1) is 5.16. The van der Waals surface area contributed by atoms with Crippen molar-refractivity contribution in [2.24, 2.45) is 5.73 Å². The predicted molar refractivity (Wildman–Crippen MR) is 38.2 cm³/mol. The molecule has 0 aromatic rings. The van der Waals surface area contributed by atoms with Crippen molar-refractivity contribution >= 4 is 0 Å². The molecule has 11 heavy (non-hydrogen) atoms. The molecule has 2 nitrogen and oxygen atoms in total. The second-order valence-electron chi connectivity index (χ2n) is 2.03. The van der Waals surface area contributed by atoms with E-state index < -0.39 is 19.1 Å². The minimum absolute atomic E-state index is 0.190. The highest BCUT2D eigenvalue weighted by Gasteiger charge is 2.02. The Morgan fingerprint density at radius 3 is 2.64 bits per heavy atom. The maximum Gasteiger partial charge on any atom is 0.261 e. The van der Waals surface area contributed by atoms with E-state index >= 15 is 0 Å². The Bertz CT molecular complexity index is 133. The van der Waals surface area contributed by atoms with E-state index in [4.69, 9.17) is 12.2 Å². The Balaban J connectivity index is 3.10. The number of terminal acetylenes is 1. The van der Waals surface area contributed by atoms with E-state index in [2.05, 4.69) is 10.7 Å². The fourth-order valence-corrected chi connectivity index (χ4v) is 0.466. The molecule has 0 saturated heterocycles. The zero-order valence-corrected chi connectivity index (χ0v) is 6.09. The molecule has 64 valence electrons. The Kier molecular flexibility index (Phi) is 5.71. The molecule has 2 N–H and O–H groups in total. The highest BCUT2D eigenvalue weighted by molar-refractivity contribution is 4.96. The van der Waals surface area contributed by atoms with Crippen LogP contribution in [-0.4, -0.2) is 25.7 Å². The number of alkyl halides is 2. The summed E-state index contributed by atoms with van der Waals surface area (Å²) in [6.07, 6.45) is 2.94. The van der Waals surface area contributed by atoms with Crippen LogP contribution >= 0.6 is 0 Å². The van der Waals surface area contributed by atoms with Crippen molar-refractivity contribution in [3.05, 3.63) is 0 Å². The van der Waals surface area contributed by atoms with Crippen molar-refractivity contribution in [1.29, 1.82) is 0 Å². The van der Waals surface area contributed by atoms with E-state index in [-0.39, 0.29) is 6.61 Å². The van der Waals surface area contributed by atoms with Gasteiger partial charge in [-0.3, -0.25) is 0 Å². The quantitative estimate of drug-likeness (QED) is 0.476. The number of ether oxygens (including phenoxy) is 1. The van der Waals surface area contributed by atoms with Gasteiger partial charge in [0.15, 0.2) is 0 Å². The monoisotopic (exact) mass is 163 g/mol. The molecule has 0 aliphatic heterocycles. The van der Waals surface area contributed by atoms with Gasteiger partial charge in [0.2, 0.25) is 0 Å². The van der Waals surface area contributed by atoms with Gasteiger partial charge < -0.3 is 10.5 Å². The lowest BCUT2D eigenvalue weighted by atomic mass is 10.2. The van der Waals surface area contributed by atoms with Gasteiger partial charge in [-0.15, -0.1) is 6.42 Å². The van der Waals surface area contributed by atoms with Crippen LogP contribution in [-0.2, 0) is 4.74 Å². The molecule has 0 saturated carbocycles. The molecule has 0 bridgehead atoms. The van der Waals surface area contributed by atoms with Crippen molar-refractivity contribution in [3.63, 3.8) is 0 Å². The SMILES string of the molecule is C#CC(N)CCOCC(F)F. The Labute approximate surface area is 64.7 Å². The smallest absolute Gasteiger partial charge is 0.261 e. The minimum atomic E-state index is -2.42. The molecule has 0 aliphatic carbocycles. The first-order valence-electron chi connectivity index (χ1n) is 3.24. The Morgan fingerprint density at radius 1 is 1.55 bits per heavy atom. The van der Waals surface area contributed by atoms with Crippen LogP contribution in [0.4, 0.5) is 8.78 Å². The van der Waals surface area contributed by atoms with Crippen molar-refractivity contribution in [2.45, 2.75) is 18.9 Å². The average Bonchev–Trinajstić information content (AvgIpc) is 1.97. The molecule has 0 aliphatic rings. The number of rotatable bonds is 5.